The van der Waals surface area contributed by atoms with E-state index in [4.69, 9.17) is 14.2 Å². The fraction of sp³-hybridized carbons (Fsp3) is 0.333. The summed E-state index contributed by atoms with van der Waals surface area (Å²) in [6, 6.07) is 30.1. The van der Waals surface area contributed by atoms with Crippen LogP contribution in [0.4, 0.5) is 0 Å². The fourth-order valence-corrected chi connectivity index (χ4v) is 5.99. The number of nitrogens with one attached hydrogen (secondary N) is 1. The molecule has 1 aliphatic rings. The number of amides is 1. The largest absolute Gasteiger partial charge is 0.508 e. The van der Waals surface area contributed by atoms with Gasteiger partial charge < -0.3 is 39.7 Å². The lowest BCUT2D eigenvalue weighted by atomic mass is 9.97. The van der Waals surface area contributed by atoms with Crippen LogP contribution >= 0.6 is 0 Å². The van der Waals surface area contributed by atoms with E-state index < -0.39 is 24.5 Å². The molecule has 0 aromatic heterocycles. The zero-order valence-corrected chi connectivity index (χ0v) is 28.0. The maximum Gasteiger partial charge on any atom is 0.303 e. The summed E-state index contributed by atoms with van der Waals surface area (Å²) in [5, 5.41) is 33.1. The van der Waals surface area contributed by atoms with Crippen LogP contribution in [0.15, 0.2) is 97.1 Å². The van der Waals surface area contributed by atoms with E-state index >= 15 is 0 Å². The molecule has 0 saturated carbocycles. The van der Waals surface area contributed by atoms with Crippen LogP contribution in [-0.2, 0) is 37.0 Å². The second-order valence-electron chi connectivity index (χ2n) is 12.4. The molecule has 0 spiro atoms. The molecule has 1 fully saturated rings. The normalized spacial score (nSPS) is 18.9. The number of ether oxygens (including phenoxy) is 3. The predicted molar refractivity (Wildman–Crippen MR) is 184 cm³/mol. The number of nitrogens with zero attached hydrogens (tertiary/aromatic N) is 1. The topological polar surface area (TPSA) is 138 Å². The number of carbonyl (C=O) groups excluding carboxylic acids is 2. The average molecular weight is 669 g/mol. The van der Waals surface area contributed by atoms with Gasteiger partial charge in [-0.1, -0.05) is 84.9 Å². The van der Waals surface area contributed by atoms with Gasteiger partial charge in [0, 0.05) is 38.5 Å². The molecule has 1 heterocycles. The number of benzene rings is 4. The zero-order chi connectivity index (χ0) is 34.9. The molecule has 4 aromatic rings. The fourth-order valence-electron chi connectivity index (χ4n) is 5.99. The number of aromatic hydroxyl groups is 1. The number of phenols is 1. The van der Waals surface area contributed by atoms with Crippen molar-refractivity contribution in [3.8, 4) is 16.9 Å². The number of esters is 1. The number of hydrogen-bond donors (Lipinski definition) is 4. The Morgan fingerprint density at radius 2 is 1.67 bits per heavy atom. The van der Waals surface area contributed by atoms with Crippen molar-refractivity contribution in [2.45, 2.75) is 64.1 Å². The van der Waals surface area contributed by atoms with Crippen LogP contribution in [0.3, 0.4) is 0 Å². The maximum atomic E-state index is 12.5. The second-order valence-corrected chi connectivity index (χ2v) is 12.4. The molecule has 1 amide bonds. The molecular weight excluding hydrogens is 624 g/mol. The van der Waals surface area contributed by atoms with E-state index in [-0.39, 0.29) is 37.0 Å². The molecule has 10 heteroatoms. The Labute approximate surface area is 286 Å². The number of rotatable bonds is 13. The molecular formula is C39H44N2O8. The maximum absolute atomic E-state index is 12.5. The van der Waals surface area contributed by atoms with Crippen molar-refractivity contribution in [3.63, 3.8) is 0 Å². The van der Waals surface area contributed by atoms with Gasteiger partial charge in [0.25, 0.3) is 5.91 Å². The Morgan fingerprint density at radius 3 is 2.37 bits per heavy atom. The van der Waals surface area contributed by atoms with Crippen LogP contribution in [-0.4, -0.2) is 64.4 Å². The number of likely N-dealkylation sites (N-methyl/N-ethyl adjacent to an activating group) is 1. The van der Waals surface area contributed by atoms with Gasteiger partial charge in [0.1, 0.15) is 5.75 Å². The Balaban J connectivity index is 1.31. The second kappa shape index (κ2) is 16.7. The van der Waals surface area contributed by atoms with Crippen molar-refractivity contribution in [1.29, 1.82) is 0 Å². The molecule has 4 N–H and O–H groups in total. The van der Waals surface area contributed by atoms with Crippen LogP contribution in [0, 0.1) is 0 Å². The summed E-state index contributed by atoms with van der Waals surface area (Å²) < 4.78 is 18.0. The summed E-state index contributed by atoms with van der Waals surface area (Å²) in [7, 11) is 1.93. The first-order valence-electron chi connectivity index (χ1n) is 16.4. The molecule has 1 saturated heterocycles. The molecule has 0 bridgehead atoms. The van der Waals surface area contributed by atoms with Gasteiger partial charge >= 0.3 is 5.97 Å². The molecule has 0 aliphatic carbocycles. The standard InChI is InChI=1S/C39H44N2O8/c1-25(47-26(2)43)38(46)40-21-32-7-4-5-10-35(32)28-15-17-30(18-16-28)39-48-34(20-37(49-39)29-13-11-27(24-42)12-14-29)22-41(3)23-36(45)31-8-6-9-33(44)19-31/h4-19,25,34,36-37,39,42,44-45H,20-24H2,1-3H3,(H,40,46). The van der Waals surface area contributed by atoms with E-state index in [1.54, 1.807) is 24.3 Å². The minimum Gasteiger partial charge on any atom is -0.508 e. The first kappa shape index (κ1) is 35.7. The Kier molecular flexibility index (Phi) is 12.2. The predicted octanol–water partition coefficient (Wildman–Crippen LogP) is 5.33. The minimum atomic E-state index is -0.886. The molecule has 10 nitrogen and oxygen atoms in total. The molecule has 5 rings (SSSR count). The van der Waals surface area contributed by atoms with Crippen molar-refractivity contribution in [1.82, 2.24) is 10.2 Å². The van der Waals surface area contributed by atoms with Crippen molar-refractivity contribution < 1.29 is 39.1 Å². The van der Waals surface area contributed by atoms with Gasteiger partial charge in [-0.05, 0) is 59.5 Å². The first-order valence-corrected chi connectivity index (χ1v) is 16.4. The molecule has 0 radical (unpaired) electrons. The van der Waals surface area contributed by atoms with Crippen molar-refractivity contribution in [3.05, 3.63) is 125 Å². The highest BCUT2D eigenvalue weighted by molar-refractivity contribution is 5.83. The minimum absolute atomic E-state index is 0.0400. The molecule has 5 unspecified atom stereocenters. The highest BCUT2D eigenvalue weighted by Crippen LogP contribution is 2.39. The van der Waals surface area contributed by atoms with E-state index in [0.717, 1.165) is 33.4 Å². The Bertz CT molecular complexity index is 1690. The third-order valence-corrected chi connectivity index (χ3v) is 8.55. The third-order valence-electron chi connectivity index (χ3n) is 8.55. The van der Waals surface area contributed by atoms with Gasteiger partial charge in [-0.25, -0.2) is 0 Å². The van der Waals surface area contributed by atoms with E-state index in [2.05, 4.69) is 5.32 Å². The lowest BCUT2D eigenvalue weighted by molar-refractivity contribution is -0.252. The van der Waals surface area contributed by atoms with E-state index in [1.807, 2.05) is 84.7 Å². The highest BCUT2D eigenvalue weighted by Gasteiger charge is 2.33. The van der Waals surface area contributed by atoms with Gasteiger partial charge in [-0.15, -0.1) is 0 Å². The average Bonchev–Trinajstić information content (AvgIpc) is 3.10. The summed E-state index contributed by atoms with van der Waals surface area (Å²) in [4.78, 5) is 25.7. The van der Waals surface area contributed by atoms with Crippen molar-refractivity contribution in [2.75, 3.05) is 20.1 Å². The van der Waals surface area contributed by atoms with E-state index in [1.165, 1.54) is 13.8 Å². The molecule has 5 atom stereocenters. The first-order chi connectivity index (χ1) is 23.6. The summed E-state index contributed by atoms with van der Waals surface area (Å²) in [5.41, 5.74) is 6.09. The lowest BCUT2D eigenvalue weighted by Crippen LogP contribution is -2.39. The van der Waals surface area contributed by atoms with Crippen molar-refractivity contribution >= 4 is 11.9 Å². The van der Waals surface area contributed by atoms with Gasteiger partial charge in [0.05, 0.1) is 24.9 Å². The zero-order valence-electron chi connectivity index (χ0n) is 28.0. The molecule has 1 aliphatic heterocycles. The lowest BCUT2D eigenvalue weighted by Gasteiger charge is -2.38. The molecule has 258 valence electrons. The number of aliphatic hydroxyl groups is 2. The monoisotopic (exact) mass is 668 g/mol. The third kappa shape index (κ3) is 9.75. The Morgan fingerprint density at radius 1 is 0.959 bits per heavy atom. The summed E-state index contributed by atoms with van der Waals surface area (Å²) in [6.07, 6.45) is -2.22. The smallest absolute Gasteiger partial charge is 0.303 e. The summed E-state index contributed by atoms with van der Waals surface area (Å²) in [6.45, 7) is 3.92. The van der Waals surface area contributed by atoms with Crippen LogP contribution in [0.2, 0.25) is 0 Å². The SMILES string of the molecule is CC(=O)OC(C)C(=O)NCc1ccccc1-c1ccc(C2OC(CN(C)CC(O)c3cccc(O)c3)CC(c3ccc(CO)cc3)O2)cc1. The van der Waals surface area contributed by atoms with Crippen LogP contribution in [0.5, 0.6) is 5.75 Å². The highest BCUT2D eigenvalue weighted by atomic mass is 16.7. The van der Waals surface area contributed by atoms with Crippen LogP contribution in [0.1, 0.15) is 66.6 Å². The van der Waals surface area contributed by atoms with Gasteiger partial charge in [-0.2, -0.15) is 0 Å². The summed E-state index contributed by atoms with van der Waals surface area (Å²) >= 11 is 0. The van der Waals surface area contributed by atoms with Gasteiger partial charge in [-0.3, -0.25) is 9.59 Å². The molecule has 49 heavy (non-hydrogen) atoms. The van der Waals surface area contributed by atoms with Gasteiger partial charge in [0.15, 0.2) is 12.4 Å². The number of phenolic OH excluding ortho intramolecular Hbond substituents is 1. The number of aliphatic hydroxyl groups excluding tert-OH is 2. The Hall–Kier alpha value is -4.58. The number of carbonyl (C=O) groups is 2. The molecule has 4 aromatic carbocycles. The van der Waals surface area contributed by atoms with E-state index in [9.17, 15) is 24.9 Å². The van der Waals surface area contributed by atoms with Crippen molar-refractivity contribution in [2.24, 2.45) is 0 Å². The van der Waals surface area contributed by atoms with E-state index in [0.29, 0.717) is 25.1 Å². The quantitative estimate of drug-likeness (QED) is 0.139. The van der Waals surface area contributed by atoms with Crippen LogP contribution in [0.25, 0.3) is 11.1 Å². The summed E-state index contributed by atoms with van der Waals surface area (Å²) in [5.74, 6) is -0.777. The van der Waals surface area contributed by atoms with Crippen LogP contribution < -0.4 is 5.32 Å². The number of hydrogen-bond acceptors (Lipinski definition) is 9. The van der Waals surface area contributed by atoms with Gasteiger partial charge in [0.2, 0.25) is 0 Å².